The van der Waals surface area contributed by atoms with Crippen molar-refractivity contribution in [2.45, 2.75) is 12.8 Å². The van der Waals surface area contributed by atoms with Crippen molar-refractivity contribution in [3.63, 3.8) is 0 Å². The summed E-state index contributed by atoms with van der Waals surface area (Å²) in [6, 6.07) is 6.94. The first kappa shape index (κ1) is 18.8. The van der Waals surface area contributed by atoms with Gasteiger partial charge in [0.1, 0.15) is 11.5 Å². The molecule has 0 fully saturated rings. The lowest BCUT2D eigenvalue weighted by atomic mass is 10.3. The summed E-state index contributed by atoms with van der Waals surface area (Å²) < 4.78 is 15.1. The van der Waals surface area contributed by atoms with E-state index in [-0.39, 0.29) is 38.1 Å². The first-order valence-electron chi connectivity index (χ1n) is 7.33. The highest BCUT2D eigenvalue weighted by Gasteiger charge is 2.15. The second-order valence-corrected chi connectivity index (χ2v) is 4.75. The Morgan fingerprint density at radius 1 is 1.17 bits per heavy atom. The molecule has 0 aliphatic heterocycles. The topological polar surface area (TPSA) is 85.3 Å². The standard InChI is InChI=1S/C16H23NO6/c1-21-13-5-3-6-14(11-13)23-12-15(19)17(8-4-10-18)9-7-16(20)22-2/h3,5-6,11,18H,4,7-10,12H2,1-2H3. The van der Waals surface area contributed by atoms with Gasteiger partial charge in [0.2, 0.25) is 0 Å². The molecule has 0 unspecified atom stereocenters. The molecule has 1 aromatic rings. The summed E-state index contributed by atoms with van der Waals surface area (Å²) in [5.74, 6) is 0.510. The van der Waals surface area contributed by atoms with E-state index in [1.807, 2.05) is 0 Å². The summed E-state index contributed by atoms with van der Waals surface area (Å²) in [4.78, 5) is 24.9. The van der Waals surface area contributed by atoms with Crippen molar-refractivity contribution in [3.8, 4) is 11.5 Å². The maximum atomic E-state index is 12.2. The highest BCUT2D eigenvalue weighted by atomic mass is 16.5. The lowest BCUT2D eigenvalue weighted by molar-refractivity contribution is -0.142. The lowest BCUT2D eigenvalue weighted by Crippen LogP contribution is -2.37. The third kappa shape index (κ3) is 7.01. The maximum absolute atomic E-state index is 12.2. The van der Waals surface area contributed by atoms with Crippen LogP contribution in [0, 0.1) is 0 Å². The number of rotatable bonds is 10. The number of hydrogen-bond donors (Lipinski definition) is 1. The molecule has 1 aromatic carbocycles. The van der Waals surface area contributed by atoms with Crippen molar-refractivity contribution in [3.05, 3.63) is 24.3 Å². The fraction of sp³-hybridized carbons (Fsp3) is 0.500. The molecule has 7 nitrogen and oxygen atoms in total. The molecule has 0 radical (unpaired) electrons. The van der Waals surface area contributed by atoms with E-state index in [1.54, 1.807) is 31.4 Å². The fourth-order valence-electron chi connectivity index (χ4n) is 1.88. The van der Waals surface area contributed by atoms with Crippen LogP contribution in [0.1, 0.15) is 12.8 Å². The van der Waals surface area contributed by atoms with E-state index >= 15 is 0 Å². The van der Waals surface area contributed by atoms with Crippen molar-refractivity contribution < 1.29 is 28.9 Å². The quantitative estimate of drug-likeness (QED) is 0.642. The average molecular weight is 325 g/mol. The van der Waals surface area contributed by atoms with Gasteiger partial charge < -0.3 is 24.2 Å². The normalized spacial score (nSPS) is 10.0. The summed E-state index contributed by atoms with van der Waals surface area (Å²) >= 11 is 0. The predicted octanol–water partition coefficient (Wildman–Crippen LogP) is 0.848. The number of esters is 1. The van der Waals surface area contributed by atoms with Crippen LogP contribution < -0.4 is 9.47 Å². The minimum Gasteiger partial charge on any atom is -0.497 e. The van der Waals surface area contributed by atoms with Crippen LogP contribution in [0.4, 0.5) is 0 Å². The van der Waals surface area contributed by atoms with E-state index < -0.39 is 0 Å². The average Bonchev–Trinajstić information content (AvgIpc) is 2.59. The number of aliphatic hydroxyl groups is 1. The molecule has 128 valence electrons. The molecule has 0 aromatic heterocycles. The van der Waals surface area contributed by atoms with E-state index in [0.29, 0.717) is 24.5 Å². The molecular formula is C16H23NO6. The number of benzene rings is 1. The van der Waals surface area contributed by atoms with Gasteiger partial charge in [-0.3, -0.25) is 9.59 Å². The van der Waals surface area contributed by atoms with Crippen LogP contribution in [0.5, 0.6) is 11.5 Å². The van der Waals surface area contributed by atoms with Gasteiger partial charge in [0.15, 0.2) is 6.61 Å². The highest BCUT2D eigenvalue weighted by molar-refractivity contribution is 5.78. The first-order chi connectivity index (χ1) is 11.1. The van der Waals surface area contributed by atoms with Crippen LogP contribution in [0.2, 0.25) is 0 Å². The summed E-state index contributed by atoms with van der Waals surface area (Å²) in [6.45, 7) is 0.402. The van der Waals surface area contributed by atoms with Crippen LogP contribution in [-0.2, 0) is 14.3 Å². The molecule has 0 saturated heterocycles. The molecule has 0 spiro atoms. The Kier molecular flexibility index (Phi) is 8.52. The number of ether oxygens (including phenoxy) is 3. The Morgan fingerprint density at radius 3 is 2.57 bits per heavy atom. The number of carbonyl (C=O) groups is 2. The van der Waals surface area contributed by atoms with Crippen LogP contribution in [-0.4, -0.2) is 62.4 Å². The highest BCUT2D eigenvalue weighted by Crippen LogP contribution is 2.18. The molecule has 0 aliphatic carbocycles. The number of carbonyl (C=O) groups excluding carboxylic acids is 2. The van der Waals surface area contributed by atoms with Crippen molar-refractivity contribution in [1.82, 2.24) is 4.90 Å². The van der Waals surface area contributed by atoms with Gasteiger partial charge in [-0.1, -0.05) is 6.07 Å². The van der Waals surface area contributed by atoms with Gasteiger partial charge in [0.05, 0.1) is 20.6 Å². The molecule has 1 rings (SSSR count). The van der Waals surface area contributed by atoms with Gasteiger partial charge in [-0.05, 0) is 18.6 Å². The minimum absolute atomic E-state index is 0.0290. The smallest absolute Gasteiger partial charge is 0.307 e. The van der Waals surface area contributed by atoms with E-state index in [9.17, 15) is 9.59 Å². The van der Waals surface area contributed by atoms with E-state index in [1.165, 1.54) is 12.0 Å². The van der Waals surface area contributed by atoms with Gasteiger partial charge in [-0.15, -0.1) is 0 Å². The Labute approximate surface area is 135 Å². The van der Waals surface area contributed by atoms with Crippen LogP contribution in [0.15, 0.2) is 24.3 Å². The molecule has 0 heterocycles. The largest absolute Gasteiger partial charge is 0.497 e. The van der Waals surface area contributed by atoms with Crippen LogP contribution in [0.3, 0.4) is 0 Å². The molecule has 0 atom stereocenters. The van der Waals surface area contributed by atoms with E-state index in [2.05, 4.69) is 4.74 Å². The van der Waals surface area contributed by atoms with Gasteiger partial charge in [-0.25, -0.2) is 0 Å². The van der Waals surface area contributed by atoms with E-state index in [0.717, 1.165) is 0 Å². The molecule has 7 heteroatoms. The second-order valence-electron chi connectivity index (χ2n) is 4.75. The number of nitrogens with zero attached hydrogens (tertiary/aromatic N) is 1. The number of aliphatic hydroxyl groups excluding tert-OH is 1. The fourth-order valence-corrected chi connectivity index (χ4v) is 1.88. The molecule has 0 bridgehead atoms. The van der Waals surface area contributed by atoms with Gasteiger partial charge in [0, 0.05) is 25.8 Å². The molecule has 1 amide bonds. The Morgan fingerprint density at radius 2 is 1.91 bits per heavy atom. The third-order valence-corrected chi connectivity index (χ3v) is 3.16. The molecule has 23 heavy (non-hydrogen) atoms. The summed E-state index contributed by atoms with van der Waals surface area (Å²) in [5, 5.41) is 8.91. The molecular weight excluding hydrogens is 302 g/mol. The molecule has 0 saturated carbocycles. The Balaban J connectivity index is 2.55. The zero-order chi connectivity index (χ0) is 17.1. The van der Waals surface area contributed by atoms with E-state index in [4.69, 9.17) is 14.6 Å². The van der Waals surface area contributed by atoms with Crippen molar-refractivity contribution in [1.29, 1.82) is 0 Å². The second kappa shape index (κ2) is 10.4. The van der Waals surface area contributed by atoms with Gasteiger partial charge >= 0.3 is 5.97 Å². The van der Waals surface area contributed by atoms with Crippen LogP contribution in [0.25, 0.3) is 0 Å². The summed E-state index contributed by atoms with van der Waals surface area (Å²) in [5.41, 5.74) is 0. The zero-order valence-electron chi connectivity index (χ0n) is 13.5. The summed E-state index contributed by atoms with van der Waals surface area (Å²) in [6.07, 6.45) is 0.541. The SMILES string of the molecule is COC(=O)CCN(CCCO)C(=O)COc1cccc(OC)c1. The van der Waals surface area contributed by atoms with Gasteiger partial charge in [-0.2, -0.15) is 0 Å². The Bertz CT molecular complexity index is 505. The first-order valence-corrected chi connectivity index (χ1v) is 7.33. The number of hydrogen-bond acceptors (Lipinski definition) is 6. The van der Waals surface area contributed by atoms with Crippen molar-refractivity contribution >= 4 is 11.9 Å². The molecule has 1 N–H and O–H groups in total. The Hall–Kier alpha value is -2.28. The maximum Gasteiger partial charge on any atom is 0.307 e. The van der Waals surface area contributed by atoms with Crippen molar-refractivity contribution in [2.24, 2.45) is 0 Å². The monoisotopic (exact) mass is 325 g/mol. The zero-order valence-corrected chi connectivity index (χ0v) is 13.5. The predicted molar refractivity (Wildman–Crippen MR) is 83.4 cm³/mol. The lowest BCUT2D eigenvalue weighted by Gasteiger charge is -2.22. The van der Waals surface area contributed by atoms with Crippen molar-refractivity contribution in [2.75, 3.05) is 40.5 Å². The van der Waals surface area contributed by atoms with Gasteiger partial charge in [0.25, 0.3) is 5.91 Å². The number of amides is 1. The number of methoxy groups -OCH3 is 2. The van der Waals surface area contributed by atoms with Crippen LogP contribution >= 0.6 is 0 Å². The minimum atomic E-state index is -0.388. The molecule has 0 aliphatic rings. The third-order valence-electron chi connectivity index (χ3n) is 3.16. The summed E-state index contributed by atoms with van der Waals surface area (Å²) in [7, 11) is 2.85.